The molecule has 3 aromatic rings. The number of nitriles is 1. The summed E-state index contributed by atoms with van der Waals surface area (Å²) in [7, 11) is 0. The van der Waals surface area contributed by atoms with Crippen molar-refractivity contribution < 1.29 is 0 Å². The molecule has 0 N–H and O–H groups in total. The SMILES string of the molecule is N#CCCN(Cn1nnc2ccccc21)c1ccccc1. The van der Waals surface area contributed by atoms with Gasteiger partial charge in [-0.1, -0.05) is 35.5 Å². The number of fused-ring (bicyclic) bond motifs is 1. The molecule has 0 unspecified atom stereocenters. The summed E-state index contributed by atoms with van der Waals surface area (Å²) in [4.78, 5) is 2.13. The van der Waals surface area contributed by atoms with Gasteiger partial charge in [0.2, 0.25) is 0 Å². The Bertz CT molecular complexity index is 757. The van der Waals surface area contributed by atoms with Crippen LogP contribution in [0.4, 0.5) is 5.69 Å². The van der Waals surface area contributed by atoms with E-state index in [0.717, 1.165) is 16.7 Å². The van der Waals surface area contributed by atoms with Crippen LogP contribution in [0.1, 0.15) is 6.42 Å². The van der Waals surface area contributed by atoms with Gasteiger partial charge in [-0.25, -0.2) is 4.68 Å². The van der Waals surface area contributed by atoms with Crippen LogP contribution in [0.2, 0.25) is 0 Å². The molecule has 0 aliphatic rings. The van der Waals surface area contributed by atoms with Crippen molar-refractivity contribution in [3.8, 4) is 6.07 Å². The van der Waals surface area contributed by atoms with Gasteiger partial charge in [0.15, 0.2) is 0 Å². The minimum Gasteiger partial charge on any atom is -0.351 e. The summed E-state index contributed by atoms with van der Waals surface area (Å²) in [6, 6.07) is 20.1. The van der Waals surface area contributed by atoms with Gasteiger partial charge in [-0.2, -0.15) is 5.26 Å². The van der Waals surface area contributed by atoms with E-state index in [0.29, 0.717) is 19.6 Å². The Hall–Kier alpha value is -2.87. The first kappa shape index (κ1) is 13.1. The van der Waals surface area contributed by atoms with E-state index in [-0.39, 0.29) is 0 Å². The van der Waals surface area contributed by atoms with Gasteiger partial charge in [0.1, 0.15) is 12.2 Å². The van der Waals surface area contributed by atoms with Crippen LogP contribution < -0.4 is 4.90 Å². The molecule has 0 saturated carbocycles. The largest absolute Gasteiger partial charge is 0.351 e. The highest BCUT2D eigenvalue weighted by Crippen LogP contribution is 2.17. The van der Waals surface area contributed by atoms with Crippen molar-refractivity contribution in [1.82, 2.24) is 15.0 Å². The van der Waals surface area contributed by atoms with Gasteiger partial charge < -0.3 is 4.90 Å². The Morgan fingerprint density at radius 3 is 2.62 bits per heavy atom. The van der Waals surface area contributed by atoms with Gasteiger partial charge in [0, 0.05) is 12.2 Å². The lowest BCUT2D eigenvalue weighted by Crippen LogP contribution is -2.27. The van der Waals surface area contributed by atoms with Crippen LogP contribution in [-0.2, 0) is 6.67 Å². The average Bonchev–Trinajstić information content (AvgIpc) is 2.95. The highest BCUT2D eigenvalue weighted by Gasteiger charge is 2.10. The fourth-order valence-corrected chi connectivity index (χ4v) is 2.29. The average molecular weight is 277 g/mol. The number of hydrogen-bond acceptors (Lipinski definition) is 4. The summed E-state index contributed by atoms with van der Waals surface area (Å²) < 4.78 is 1.86. The lowest BCUT2D eigenvalue weighted by atomic mass is 10.3. The first-order valence-corrected chi connectivity index (χ1v) is 6.83. The van der Waals surface area contributed by atoms with Crippen LogP contribution in [-0.4, -0.2) is 21.5 Å². The van der Waals surface area contributed by atoms with Crippen LogP contribution in [0.5, 0.6) is 0 Å². The molecule has 0 aliphatic carbocycles. The minimum absolute atomic E-state index is 0.474. The summed E-state index contributed by atoms with van der Waals surface area (Å²) in [5, 5.41) is 17.2. The first-order chi connectivity index (χ1) is 10.4. The number of anilines is 1. The number of para-hydroxylation sites is 2. The molecular weight excluding hydrogens is 262 g/mol. The van der Waals surface area contributed by atoms with Crippen molar-refractivity contribution in [2.75, 3.05) is 11.4 Å². The molecule has 1 aromatic heterocycles. The van der Waals surface area contributed by atoms with E-state index >= 15 is 0 Å². The molecule has 0 atom stereocenters. The van der Waals surface area contributed by atoms with Crippen molar-refractivity contribution in [1.29, 1.82) is 5.26 Å². The monoisotopic (exact) mass is 277 g/mol. The second kappa shape index (κ2) is 6.06. The van der Waals surface area contributed by atoms with Crippen LogP contribution in [0.15, 0.2) is 54.6 Å². The third-order valence-corrected chi connectivity index (χ3v) is 3.34. The number of rotatable bonds is 5. The van der Waals surface area contributed by atoms with Gasteiger partial charge in [0.25, 0.3) is 0 Å². The molecule has 0 saturated heterocycles. The number of nitrogens with zero attached hydrogens (tertiary/aromatic N) is 5. The Balaban J connectivity index is 1.89. The molecular formula is C16H15N5. The maximum absolute atomic E-state index is 8.85. The predicted octanol–water partition coefficient (Wildman–Crippen LogP) is 2.81. The van der Waals surface area contributed by atoms with E-state index in [9.17, 15) is 0 Å². The lowest BCUT2D eigenvalue weighted by Gasteiger charge is -2.23. The molecule has 0 amide bonds. The molecule has 104 valence electrons. The van der Waals surface area contributed by atoms with E-state index in [1.54, 1.807) is 0 Å². The Labute approximate surface area is 123 Å². The highest BCUT2D eigenvalue weighted by atomic mass is 15.5. The van der Waals surface area contributed by atoms with Gasteiger partial charge >= 0.3 is 0 Å². The van der Waals surface area contributed by atoms with E-state index in [1.165, 1.54) is 0 Å². The standard InChI is InChI=1S/C16H15N5/c17-11-6-12-20(14-7-2-1-3-8-14)13-21-16-10-5-4-9-15(16)18-19-21/h1-5,7-10H,6,12-13H2. The zero-order valence-corrected chi connectivity index (χ0v) is 11.6. The molecule has 1 heterocycles. The summed E-state index contributed by atoms with van der Waals surface area (Å²) in [6.45, 7) is 1.24. The van der Waals surface area contributed by atoms with E-state index < -0.39 is 0 Å². The van der Waals surface area contributed by atoms with Crippen LogP contribution in [0, 0.1) is 11.3 Å². The molecule has 2 aromatic carbocycles. The van der Waals surface area contributed by atoms with Crippen molar-refractivity contribution in [2.24, 2.45) is 0 Å². The zero-order valence-electron chi connectivity index (χ0n) is 11.6. The Morgan fingerprint density at radius 1 is 1.05 bits per heavy atom. The third-order valence-electron chi connectivity index (χ3n) is 3.34. The maximum Gasteiger partial charge on any atom is 0.114 e. The topological polar surface area (TPSA) is 57.7 Å². The van der Waals surface area contributed by atoms with E-state index in [1.807, 2.05) is 59.3 Å². The molecule has 0 aliphatic heterocycles. The van der Waals surface area contributed by atoms with Gasteiger partial charge in [-0.15, -0.1) is 5.10 Å². The molecule has 3 rings (SSSR count). The number of aromatic nitrogens is 3. The zero-order chi connectivity index (χ0) is 14.5. The van der Waals surface area contributed by atoms with Crippen molar-refractivity contribution in [2.45, 2.75) is 13.1 Å². The van der Waals surface area contributed by atoms with E-state index in [2.05, 4.69) is 21.3 Å². The third kappa shape index (κ3) is 2.84. The second-order valence-electron chi connectivity index (χ2n) is 4.73. The summed E-state index contributed by atoms with van der Waals surface area (Å²) in [6.07, 6.45) is 0.474. The molecule has 21 heavy (non-hydrogen) atoms. The van der Waals surface area contributed by atoms with Crippen LogP contribution in [0.25, 0.3) is 11.0 Å². The Morgan fingerprint density at radius 2 is 1.81 bits per heavy atom. The second-order valence-corrected chi connectivity index (χ2v) is 4.73. The van der Waals surface area contributed by atoms with Gasteiger partial charge in [0.05, 0.1) is 18.0 Å². The normalized spacial score (nSPS) is 10.4. The molecule has 0 spiro atoms. The summed E-state index contributed by atoms with van der Waals surface area (Å²) in [5.74, 6) is 0. The van der Waals surface area contributed by atoms with Crippen molar-refractivity contribution in [3.63, 3.8) is 0 Å². The minimum atomic E-state index is 0.474. The lowest BCUT2D eigenvalue weighted by molar-refractivity contribution is 0.574. The molecule has 5 nitrogen and oxygen atoms in total. The molecule has 0 bridgehead atoms. The van der Waals surface area contributed by atoms with Crippen molar-refractivity contribution in [3.05, 3.63) is 54.6 Å². The van der Waals surface area contributed by atoms with Crippen molar-refractivity contribution >= 4 is 16.7 Å². The Kier molecular flexibility index (Phi) is 3.79. The van der Waals surface area contributed by atoms with E-state index in [4.69, 9.17) is 5.26 Å². The molecule has 0 fully saturated rings. The van der Waals surface area contributed by atoms with Gasteiger partial charge in [-0.05, 0) is 24.3 Å². The quantitative estimate of drug-likeness (QED) is 0.719. The maximum atomic E-state index is 8.85. The summed E-state index contributed by atoms with van der Waals surface area (Å²) >= 11 is 0. The molecule has 5 heteroatoms. The fraction of sp³-hybridized carbons (Fsp3) is 0.188. The predicted molar refractivity (Wildman–Crippen MR) is 81.5 cm³/mol. The van der Waals surface area contributed by atoms with Gasteiger partial charge in [-0.3, -0.25) is 0 Å². The van der Waals surface area contributed by atoms with Crippen LogP contribution in [0.3, 0.4) is 0 Å². The smallest absolute Gasteiger partial charge is 0.114 e. The molecule has 0 radical (unpaired) electrons. The number of hydrogen-bond donors (Lipinski definition) is 0. The fourth-order valence-electron chi connectivity index (χ4n) is 2.29. The first-order valence-electron chi connectivity index (χ1n) is 6.83. The highest BCUT2D eigenvalue weighted by molar-refractivity contribution is 5.73. The summed E-state index contributed by atoms with van der Waals surface area (Å²) in [5.41, 5.74) is 2.95. The van der Waals surface area contributed by atoms with Crippen LogP contribution >= 0.6 is 0 Å². The number of benzene rings is 2.